The van der Waals surface area contributed by atoms with Gasteiger partial charge in [0, 0.05) is 27.1 Å². The number of carbonyl (C=O) groups is 1. The van der Waals surface area contributed by atoms with Crippen molar-refractivity contribution in [1.82, 2.24) is 0 Å². The molecule has 5 heteroatoms. The van der Waals surface area contributed by atoms with E-state index in [1.165, 1.54) is 21.3 Å². The van der Waals surface area contributed by atoms with Crippen molar-refractivity contribution in [1.29, 1.82) is 0 Å². The molecule has 0 radical (unpaired) electrons. The lowest BCUT2D eigenvalue weighted by molar-refractivity contribution is -0.113. The summed E-state index contributed by atoms with van der Waals surface area (Å²) in [6.45, 7) is 1.99. The van der Waals surface area contributed by atoms with E-state index in [9.17, 15) is 9.18 Å². The number of carbonyl (C=O) groups excluding carboxylic acids is 1. The Morgan fingerprint density at radius 3 is 2.29 bits per heavy atom. The average Bonchev–Trinajstić information content (AvgIpc) is 2.60. The van der Waals surface area contributed by atoms with E-state index in [1.54, 1.807) is 12.1 Å². The van der Waals surface area contributed by atoms with Gasteiger partial charge in [-0.15, -0.1) is 0 Å². The molecule has 0 aromatic heterocycles. The molecule has 0 aliphatic rings. The summed E-state index contributed by atoms with van der Waals surface area (Å²) in [6.07, 6.45) is 2.29. The Bertz CT molecular complexity index is 621. The summed E-state index contributed by atoms with van der Waals surface area (Å²) >= 11 is 2.09. The molecule has 24 heavy (non-hydrogen) atoms. The summed E-state index contributed by atoms with van der Waals surface area (Å²) in [5, 5.41) is 0. The minimum Gasteiger partial charge on any atom is -0.303 e. The van der Waals surface area contributed by atoms with Crippen LogP contribution in [0.3, 0.4) is 0 Å². The SMILES string of the molecule is C[C@H](OSI)[C@@H](Cc1ccc(F)cc1)[C@@H](C=O)Cc1ccccc1. The van der Waals surface area contributed by atoms with Crippen LogP contribution in [0, 0.1) is 17.7 Å². The Kier molecular flexibility index (Phi) is 8.21. The quantitative estimate of drug-likeness (QED) is 0.284. The lowest BCUT2D eigenvalue weighted by atomic mass is 9.80. The van der Waals surface area contributed by atoms with Gasteiger partial charge in [-0.05, 0) is 48.9 Å². The van der Waals surface area contributed by atoms with E-state index >= 15 is 0 Å². The molecule has 0 unspecified atom stereocenters. The normalized spacial score (nSPS) is 14.8. The zero-order valence-corrected chi connectivity index (χ0v) is 16.4. The zero-order chi connectivity index (χ0) is 17.4. The maximum absolute atomic E-state index is 13.1. The average molecular weight is 458 g/mol. The van der Waals surface area contributed by atoms with Gasteiger partial charge in [0.2, 0.25) is 0 Å². The van der Waals surface area contributed by atoms with E-state index in [0.717, 1.165) is 17.4 Å². The van der Waals surface area contributed by atoms with Crippen molar-refractivity contribution < 1.29 is 13.4 Å². The monoisotopic (exact) mass is 458 g/mol. The van der Waals surface area contributed by atoms with Crippen LogP contribution in [0.15, 0.2) is 54.6 Å². The van der Waals surface area contributed by atoms with Gasteiger partial charge in [0.15, 0.2) is 0 Å². The topological polar surface area (TPSA) is 26.3 Å². The van der Waals surface area contributed by atoms with Crippen molar-refractivity contribution in [2.75, 3.05) is 0 Å². The lowest BCUT2D eigenvalue weighted by Gasteiger charge is -2.28. The van der Waals surface area contributed by atoms with Crippen LogP contribution in [0.2, 0.25) is 0 Å². The highest BCUT2D eigenvalue weighted by molar-refractivity contribution is 14.2. The number of halogens is 2. The Labute approximate surface area is 159 Å². The Hall–Kier alpha value is -0.920. The van der Waals surface area contributed by atoms with Crippen molar-refractivity contribution in [2.24, 2.45) is 11.8 Å². The van der Waals surface area contributed by atoms with Crippen molar-refractivity contribution in [3.8, 4) is 0 Å². The molecule has 0 saturated heterocycles. The number of hydrogen-bond donors (Lipinski definition) is 0. The van der Waals surface area contributed by atoms with Gasteiger partial charge in [-0.25, -0.2) is 4.39 Å². The van der Waals surface area contributed by atoms with Gasteiger partial charge in [-0.3, -0.25) is 0 Å². The second kappa shape index (κ2) is 10.2. The van der Waals surface area contributed by atoms with Crippen molar-refractivity contribution in [2.45, 2.75) is 25.9 Å². The fourth-order valence-corrected chi connectivity index (χ4v) is 4.11. The molecule has 128 valence electrons. The van der Waals surface area contributed by atoms with Gasteiger partial charge < -0.3 is 8.98 Å². The molecule has 3 atom stereocenters. The zero-order valence-electron chi connectivity index (χ0n) is 13.4. The van der Waals surface area contributed by atoms with E-state index in [-0.39, 0.29) is 23.8 Å². The fraction of sp³-hybridized carbons (Fsp3) is 0.316. The van der Waals surface area contributed by atoms with Crippen LogP contribution in [0.1, 0.15) is 18.1 Å². The molecule has 0 fully saturated rings. The predicted molar refractivity (Wildman–Crippen MR) is 105 cm³/mol. The van der Waals surface area contributed by atoms with Gasteiger partial charge in [-0.2, -0.15) is 0 Å². The first kappa shape index (κ1) is 19.4. The van der Waals surface area contributed by atoms with Crippen molar-refractivity contribution >= 4 is 36.7 Å². The molecule has 0 heterocycles. The number of rotatable bonds is 9. The molecule has 0 spiro atoms. The van der Waals surface area contributed by atoms with Gasteiger partial charge >= 0.3 is 0 Å². The number of hydrogen-bond acceptors (Lipinski definition) is 3. The van der Waals surface area contributed by atoms with Crippen LogP contribution in [0.25, 0.3) is 0 Å². The lowest BCUT2D eigenvalue weighted by Crippen LogP contribution is -2.31. The second-order valence-electron chi connectivity index (χ2n) is 5.85. The maximum atomic E-state index is 13.1. The third kappa shape index (κ3) is 5.86. The highest BCUT2D eigenvalue weighted by Crippen LogP contribution is 2.29. The van der Waals surface area contributed by atoms with E-state index in [4.69, 9.17) is 4.18 Å². The van der Waals surface area contributed by atoms with E-state index in [1.807, 2.05) is 37.3 Å². The molecule has 0 amide bonds. The largest absolute Gasteiger partial charge is 0.303 e. The molecule has 2 aromatic rings. The van der Waals surface area contributed by atoms with Crippen molar-refractivity contribution in [3.05, 3.63) is 71.5 Å². The molecule has 0 aliphatic carbocycles. The van der Waals surface area contributed by atoms with Crippen LogP contribution in [-0.4, -0.2) is 12.4 Å². The second-order valence-corrected chi connectivity index (χ2v) is 7.25. The number of benzene rings is 2. The smallest absolute Gasteiger partial charge is 0.123 e. The summed E-state index contributed by atoms with van der Waals surface area (Å²) in [5.74, 6) is -0.384. The molecule has 2 aromatic carbocycles. The van der Waals surface area contributed by atoms with Crippen LogP contribution in [0.4, 0.5) is 4.39 Å². The fourth-order valence-electron chi connectivity index (χ4n) is 2.87. The van der Waals surface area contributed by atoms with E-state index < -0.39 is 0 Å². The minimum atomic E-state index is -0.251. The van der Waals surface area contributed by atoms with Crippen LogP contribution < -0.4 is 0 Å². The highest BCUT2D eigenvalue weighted by Gasteiger charge is 2.28. The Morgan fingerprint density at radius 1 is 1.08 bits per heavy atom. The molecule has 0 N–H and O–H groups in total. The Morgan fingerprint density at radius 2 is 1.71 bits per heavy atom. The van der Waals surface area contributed by atoms with E-state index in [0.29, 0.717) is 12.8 Å². The van der Waals surface area contributed by atoms with Crippen LogP contribution in [-0.2, 0) is 21.8 Å². The molecular weight excluding hydrogens is 438 g/mol. The Balaban J connectivity index is 2.18. The van der Waals surface area contributed by atoms with Gasteiger partial charge in [0.25, 0.3) is 0 Å². The minimum absolute atomic E-state index is 0.0235. The predicted octanol–water partition coefficient (Wildman–Crippen LogP) is 5.45. The summed E-state index contributed by atoms with van der Waals surface area (Å²) in [4.78, 5) is 11.8. The summed E-state index contributed by atoms with van der Waals surface area (Å²) in [5.41, 5.74) is 2.14. The first-order chi connectivity index (χ1) is 11.6. The third-order valence-corrected chi connectivity index (χ3v) is 5.21. The summed E-state index contributed by atoms with van der Waals surface area (Å²) in [6, 6.07) is 16.4. The molecule has 0 saturated carbocycles. The first-order valence-corrected chi connectivity index (χ1v) is 11.1. The molecule has 0 aliphatic heterocycles. The number of aldehydes is 1. The first-order valence-electron chi connectivity index (χ1n) is 7.81. The summed E-state index contributed by atoms with van der Waals surface area (Å²) in [7, 11) is 1.28. The van der Waals surface area contributed by atoms with E-state index in [2.05, 4.69) is 21.2 Å². The third-order valence-electron chi connectivity index (χ3n) is 4.21. The standard InChI is InChI=1S/C19H20FIO2S/c1-14(23-24-21)19(12-16-7-9-18(20)10-8-16)17(13-22)11-15-5-3-2-4-6-15/h2-10,13-14,17,19H,11-12H2,1H3/t14-,17+,19+/m0/s1. The summed E-state index contributed by atoms with van der Waals surface area (Å²) < 4.78 is 18.8. The van der Waals surface area contributed by atoms with Gasteiger partial charge in [0.05, 0.1) is 15.3 Å². The molecule has 2 nitrogen and oxygen atoms in total. The molecule has 0 bridgehead atoms. The maximum Gasteiger partial charge on any atom is 0.123 e. The van der Waals surface area contributed by atoms with Crippen LogP contribution in [0.5, 0.6) is 0 Å². The van der Waals surface area contributed by atoms with Crippen LogP contribution >= 0.6 is 30.4 Å². The molecular formula is C19H20FIO2S. The highest BCUT2D eigenvalue weighted by atomic mass is 127. The van der Waals surface area contributed by atoms with Gasteiger partial charge in [-0.1, -0.05) is 42.5 Å². The van der Waals surface area contributed by atoms with Gasteiger partial charge in [0.1, 0.15) is 12.1 Å². The molecule has 2 rings (SSSR count). The van der Waals surface area contributed by atoms with Crippen molar-refractivity contribution in [3.63, 3.8) is 0 Å².